The minimum atomic E-state index is -0.902. The summed E-state index contributed by atoms with van der Waals surface area (Å²) >= 11 is 11.7. The Morgan fingerprint density at radius 3 is 2.47 bits per heavy atom. The average molecular weight is 273 g/mol. The molecule has 0 heterocycles. The van der Waals surface area contributed by atoms with Crippen LogP contribution in [-0.2, 0) is 5.88 Å². The lowest BCUT2D eigenvalue weighted by molar-refractivity contribution is 0.511. The first-order valence-electron chi connectivity index (χ1n) is 4.92. The van der Waals surface area contributed by atoms with E-state index in [1.165, 1.54) is 12.1 Å². The van der Waals surface area contributed by atoms with Gasteiger partial charge in [0.15, 0.2) is 11.6 Å². The maximum absolute atomic E-state index is 13.6. The van der Waals surface area contributed by atoms with Gasteiger partial charge in [0.05, 0.1) is 0 Å². The van der Waals surface area contributed by atoms with E-state index in [-0.39, 0.29) is 5.56 Å². The fourth-order valence-corrected chi connectivity index (χ4v) is 1.96. The zero-order chi connectivity index (χ0) is 12.4. The van der Waals surface area contributed by atoms with E-state index in [4.69, 9.17) is 23.2 Å². The molecule has 0 aliphatic heterocycles. The fraction of sp³-hybridized carbons (Fsp3) is 0.0769. The molecule has 0 bridgehead atoms. The summed E-state index contributed by atoms with van der Waals surface area (Å²) in [5.41, 5.74) is 1.39. The van der Waals surface area contributed by atoms with Gasteiger partial charge in [-0.25, -0.2) is 8.78 Å². The molecule has 0 amide bonds. The van der Waals surface area contributed by atoms with Crippen molar-refractivity contribution in [1.82, 2.24) is 0 Å². The molecule has 0 radical (unpaired) electrons. The summed E-state index contributed by atoms with van der Waals surface area (Å²) in [6.07, 6.45) is 0. The third kappa shape index (κ3) is 2.43. The summed E-state index contributed by atoms with van der Waals surface area (Å²) in [7, 11) is 0. The zero-order valence-corrected chi connectivity index (χ0v) is 10.2. The molecule has 88 valence electrons. The highest BCUT2D eigenvalue weighted by molar-refractivity contribution is 6.33. The van der Waals surface area contributed by atoms with Crippen molar-refractivity contribution in [2.45, 2.75) is 5.88 Å². The molecule has 2 rings (SSSR count). The third-order valence-corrected chi connectivity index (χ3v) is 3.07. The van der Waals surface area contributed by atoms with Crippen molar-refractivity contribution >= 4 is 23.2 Å². The number of rotatable bonds is 2. The van der Waals surface area contributed by atoms with Gasteiger partial charge >= 0.3 is 0 Å². The van der Waals surface area contributed by atoms with E-state index in [2.05, 4.69) is 0 Å². The monoisotopic (exact) mass is 272 g/mol. The smallest absolute Gasteiger partial charge is 0.166 e. The van der Waals surface area contributed by atoms with Crippen molar-refractivity contribution < 1.29 is 8.78 Å². The molecule has 0 nitrogen and oxygen atoms in total. The Morgan fingerprint density at radius 1 is 1.00 bits per heavy atom. The molecule has 0 N–H and O–H groups in total. The van der Waals surface area contributed by atoms with Crippen LogP contribution in [0.4, 0.5) is 8.78 Å². The maximum atomic E-state index is 13.6. The number of hydrogen-bond acceptors (Lipinski definition) is 0. The second-order valence-electron chi connectivity index (χ2n) is 3.55. The second-order valence-corrected chi connectivity index (χ2v) is 4.22. The molecule has 0 aromatic heterocycles. The normalized spacial score (nSPS) is 10.6. The van der Waals surface area contributed by atoms with Gasteiger partial charge in [-0.3, -0.25) is 0 Å². The van der Waals surface area contributed by atoms with Crippen LogP contribution in [0, 0.1) is 11.6 Å². The van der Waals surface area contributed by atoms with Gasteiger partial charge < -0.3 is 0 Å². The standard InChI is InChI=1S/C13H8Cl2F2/c14-7-8-4-5-11(15)10(6-8)9-2-1-3-12(16)13(9)17/h1-6H,7H2. The first-order chi connectivity index (χ1) is 8.13. The van der Waals surface area contributed by atoms with E-state index in [1.54, 1.807) is 18.2 Å². The van der Waals surface area contributed by atoms with Crippen LogP contribution in [0.3, 0.4) is 0 Å². The van der Waals surface area contributed by atoms with Gasteiger partial charge in [-0.1, -0.05) is 29.8 Å². The van der Waals surface area contributed by atoms with E-state index >= 15 is 0 Å². The Kier molecular flexibility index (Phi) is 3.65. The summed E-state index contributed by atoms with van der Waals surface area (Å²) in [6.45, 7) is 0. The van der Waals surface area contributed by atoms with Gasteiger partial charge in [0.25, 0.3) is 0 Å². The number of hydrogen-bond donors (Lipinski definition) is 0. The van der Waals surface area contributed by atoms with Gasteiger partial charge in [0.1, 0.15) is 0 Å². The third-order valence-electron chi connectivity index (χ3n) is 2.43. The number of halogens is 4. The molecule has 2 aromatic rings. The van der Waals surface area contributed by atoms with Crippen LogP contribution in [0.25, 0.3) is 11.1 Å². The van der Waals surface area contributed by atoms with Crippen molar-refractivity contribution in [3.63, 3.8) is 0 Å². The van der Waals surface area contributed by atoms with E-state index in [0.717, 1.165) is 11.6 Å². The highest BCUT2D eigenvalue weighted by atomic mass is 35.5. The highest BCUT2D eigenvalue weighted by Crippen LogP contribution is 2.31. The Bertz CT molecular complexity index is 553. The summed E-state index contributed by atoms with van der Waals surface area (Å²) in [4.78, 5) is 0. The van der Waals surface area contributed by atoms with Crippen LogP contribution < -0.4 is 0 Å². The maximum Gasteiger partial charge on any atom is 0.166 e. The van der Waals surface area contributed by atoms with Crippen LogP contribution in [0.15, 0.2) is 36.4 Å². The van der Waals surface area contributed by atoms with Crippen LogP contribution in [0.5, 0.6) is 0 Å². The molecule has 0 spiro atoms. The summed E-state index contributed by atoms with van der Waals surface area (Å²) in [6, 6.07) is 9.02. The Morgan fingerprint density at radius 2 is 1.76 bits per heavy atom. The Hall–Kier alpha value is -1.12. The minimum absolute atomic E-state index is 0.141. The van der Waals surface area contributed by atoms with Crippen molar-refractivity contribution in [2.75, 3.05) is 0 Å². The minimum Gasteiger partial charge on any atom is -0.204 e. The largest absolute Gasteiger partial charge is 0.204 e. The van der Waals surface area contributed by atoms with Crippen molar-refractivity contribution in [2.24, 2.45) is 0 Å². The lowest BCUT2D eigenvalue weighted by atomic mass is 10.0. The van der Waals surface area contributed by atoms with E-state index in [1.807, 2.05) is 0 Å². The Balaban J connectivity index is 2.63. The number of benzene rings is 2. The first-order valence-corrected chi connectivity index (χ1v) is 5.83. The molecule has 0 fully saturated rings. The Labute approximate surface area is 108 Å². The average Bonchev–Trinajstić information content (AvgIpc) is 2.34. The van der Waals surface area contributed by atoms with Crippen molar-refractivity contribution in [3.05, 3.63) is 58.6 Å². The summed E-state index contributed by atoms with van der Waals surface area (Å²) < 4.78 is 26.8. The van der Waals surface area contributed by atoms with Crippen molar-refractivity contribution in [3.8, 4) is 11.1 Å². The zero-order valence-electron chi connectivity index (χ0n) is 8.68. The van der Waals surface area contributed by atoms with Crippen molar-refractivity contribution in [1.29, 1.82) is 0 Å². The van der Waals surface area contributed by atoms with Crippen LogP contribution in [0.1, 0.15) is 5.56 Å². The van der Waals surface area contributed by atoms with E-state index in [0.29, 0.717) is 16.5 Å². The first kappa shape index (κ1) is 12.3. The number of alkyl halides is 1. The quantitative estimate of drug-likeness (QED) is 0.673. The molecular weight excluding hydrogens is 265 g/mol. The van der Waals surface area contributed by atoms with Gasteiger partial charge in [-0.15, -0.1) is 11.6 Å². The van der Waals surface area contributed by atoms with Crippen LogP contribution in [0.2, 0.25) is 5.02 Å². The van der Waals surface area contributed by atoms with Gasteiger partial charge in [0, 0.05) is 22.0 Å². The fourth-order valence-electron chi connectivity index (χ4n) is 1.57. The second kappa shape index (κ2) is 5.03. The molecule has 4 heteroatoms. The summed E-state index contributed by atoms with van der Waals surface area (Å²) in [5.74, 6) is -1.50. The molecule has 0 saturated heterocycles. The van der Waals surface area contributed by atoms with Gasteiger partial charge in [-0.05, 0) is 23.8 Å². The predicted molar refractivity (Wildman–Crippen MR) is 66.4 cm³/mol. The van der Waals surface area contributed by atoms with E-state index in [9.17, 15) is 8.78 Å². The SMILES string of the molecule is Fc1cccc(-c2cc(CCl)ccc2Cl)c1F. The topological polar surface area (TPSA) is 0 Å². The van der Waals surface area contributed by atoms with Crippen LogP contribution in [-0.4, -0.2) is 0 Å². The molecule has 0 aliphatic rings. The predicted octanol–water partition coefficient (Wildman–Crippen LogP) is 5.02. The lowest BCUT2D eigenvalue weighted by Crippen LogP contribution is -1.91. The molecular formula is C13H8Cl2F2. The highest BCUT2D eigenvalue weighted by Gasteiger charge is 2.12. The van der Waals surface area contributed by atoms with Gasteiger partial charge in [-0.2, -0.15) is 0 Å². The summed E-state index contributed by atoms with van der Waals surface area (Å²) in [5, 5.41) is 0.364. The lowest BCUT2D eigenvalue weighted by Gasteiger charge is -2.08. The van der Waals surface area contributed by atoms with E-state index < -0.39 is 11.6 Å². The molecule has 17 heavy (non-hydrogen) atoms. The van der Waals surface area contributed by atoms with Crippen LogP contribution >= 0.6 is 23.2 Å². The molecule has 2 aromatic carbocycles. The molecule has 0 saturated carbocycles. The van der Waals surface area contributed by atoms with Gasteiger partial charge in [0.2, 0.25) is 0 Å². The molecule has 0 aliphatic carbocycles. The molecule has 0 atom stereocenters. The molecule has 0 unspecified atom stereocenters.